The average molecular weight is 575 g/mol. The summed E-state index contributed by atoms with van der Waals surface area (Å²) in [4.78, 5) is 33.0. The van der Waals surface area contributed by atoms with Gasteiger partial charge in [-0.2, -0.15) is 5.26 Å². The fourth-order valence-electron chi connectivity index (χ4n) is 5.65. The molecule has 1 saturated heterocycles. The maximum atomic E-state index is 14.4. The molecule has 2 aromatic carbocycles. The molecule has 5 rings (SSSR count). The maximum Gasteiger partial charge on any atom is 0.359 e. The topological polar surface area (TPSA) is 118 Å². The lowest BCUT2D eigenvalue weighted by Gasteiger charge is -2.45. The monoisotopic (exact) mass is 574 g/mol. The number of aromatic nitrogens is 2. The Morgan fingerprint density at radius 1 is 1.07 bits per heavy atom. The summed E-state index contributed by atoms with van der Waals surface area (Å²) >= 11 is 0. The van der Waals surface area contributed by atoms with Crippen molar-refractivity contribution in [3.63, 3.8) is 0 Å². The van der Waals surface area contributed by atoms with E-state index in [2.05, 4.69) is 9.88 Å². The highest BCUT2D eigenvalue weighted by molar-refractivity contribution is 5.94. The molecule has 1 aliphatic rings. The highest BCUT2D eigenvalue weighted by Crippen LogP contribution is 2.38. The highest BCUT2D eigenvalue weighted by atomic mass is 19.1. The van der Waals surface area contributed by atoms with Crippen LogP contribution in [-0.4, -0.2) is 51.7 Å². The molecule has 2 aromatic heterocycles. The van der Waals surface area contributed by atoms with Crippen LogP contribution in [-0.2, 0) is 13.6 Å². The van der Waals surface area contributed by atoms with Crippen LogP contribution in [0.5, 0.6) is 5.75 Å². The number of nitrogens with zero attached hydrogens (tertiary/aromatic N) is 6. The van der Waals surface area contributed by atoms with E-state index in [1.165, 1.54) is 49.1 Å². The summed E-state index contributed by atoms with van der Waals surface area (Å²) in [6.07, 6.45) is 0. The van der Waals surface area contributed by atoms with Crippen LogP contribution in [0.25, 0.3) is 22.2 Å². The van der Waals surface area contributed by atoms with Gasteiger partial charge < -0.3 is 14.2 Å². The molecule has 0 amide bonds. The van der Waals surface area contributed by atoms with Crippen LogP contribution in [0.3, 0.4) is 0 Å². The number of hydrogen-bond donors (Lipinski definition) is 0. The number of aryl methyl sites for hydroxylation is 1. The van der Waals surface area contributed by atoms with Crippen molar-refractivity contribution in [1.29, 1.82) is 5.26 Å². The molecule has 10 nitrogen and oxygen atoms in total. The molecular weight excluding hydrogens is 546 g/mol. The number of anilines is 1. The summed E-state index contributed by atoms with van der Waals surface area (Å²) in [5, 5.41) is 21.7. The van der Waals surface area contributed by atoms with Gasteiger partial charge in [0.05, 0.1) is 17.5 Å². The Kier molecular flexibility index (Phi) is 7.62. The van der Waals surface area contributed by atoms with Gasteiger partial charge in [0.25, 0.3) is 0 Å². The van der Waals surface area contributed by atoms with Crippen LogP contribution in [0, 0.1) is 33.1 Å². The second-order valence-corrected chi connectivity index (χ2v) is 10.4. The lowest BCUT2D eigenvalue weighted by molar-refractivity contribution is -0.385. The minimum absolute atomic E-state index is 0.0797. The number of benzene rings is 2. The molecule has 2 atom stereocenters. The molecule has 1 aliphatic heterocycles. The molecule has 0 aliphatic carbocycles. The minimum atomic E-state index is -0.763. The predicted octanol–water partition coefficient (Wildman–Crippen LogP) is 4.77. The van der Waals surface area contributed by atoms with Gasteiger partial charge in [-0.25, -0.2) is 13.8 Å². The van der Waals surface area contributed by atoms with Gasteiger partial charge in [-0.05, 0) is 61.4 Å². The maximum absolute atomic E-state index is 14.4. The Labute approximate surface area is 240 Å². The SMILES string of the molecule is COc1cc(F)ccc1-c1cc(F)ccc1CN1C[C@@H](C)N(c2c([N+](=O)[O-])c(=O)n(C)c3ccc(C#N)nc23)C[C@@H]1C. The fraction of sp³-hybridized carbons (Fsp3) is 0.300. The Balaban J connectivity index is 1.54. The van der Waals surface area contributed by atoms with E-state index in [0.29, 0.717) is 36.3 Å². The molecule has 3 heterocycles. The molecular formula is C30H28F2N6O4. The van der Waals surface area contributed by atoms with Gasteiger partial charge in [0.2, 0.25) is 0 Å². The first-order valence-electron chi connectivity index (χ1n) is 13.2. The van der Waals surface area contributed by atoms with E-state index >= 15 is 0 Å². The van der Waals surface area contributed by atoms with E-state index in [-0.39, 0.29) is 34.7 Å². The number of pyridine rings is 2. The first-order valence-corrected chi connectivity index (χ1v) is 13.2. The molecule has 0 bridgehead atoms. The van der Waals surface area contributed by atoms with Crippen molar-refractivity contribution < 1.29 is 18.4 Å². The molecule has 216 valence electrons. The van der Waals surface area contributed by atoms with Crippen molar-refractivity contribution in [3.8, 4) is 22.9 Å². The zero-order valence-electron chi connectivity index (χ0n) is 23.5. The highest BCUT2D eigenvalue weighted by Gasteiger charge is 2.37. The van der Waals surface area contributed by atoms with Crippen LogP contribution in [0.15, 0.2) is 53.3 Å². The largest absolute Gasteiger partial charge is 0.496 e. The van der Waals surface area contributed by atoms with Gasteiger partial charge in [-0.3, -0.25) is 19.8 Å². The van der Waals surface area contributed by atoms with Crippen molar-refractivity contribution in [2.45, 2.75) is 32.5 Å². The zero-order chi connectivity index (χ0) is 30.3. The third-order valence-electron chi connectivity index (χ3n) is 7.79. The Hall–Kier alpha value is -4.89. The van der Waals surface area contributed by atoms with Crippen LogP contribution in [0.4, 0.5) is 20.2 Å². The van der Waals surface area contributed by atoms with Crippen molar-refractivity contribution in [2.75, 3.05) is 25.1 Å². The van der Waals surface area contributed by atoms with Crippen LogP contribution in [0.2, 0.25) is 0 Å². The van der Waals surface area contributed by atoms with E-state index < -0.39 is 27.8 Å². The Morgan fingerprint density at radius 2 is 1.79 bits per heavy atom. The lowest BCUT2D eigenvalue weighted by Crippen LogP contribution is -2.56. The third-order valence-corrected chi connectivity index (χ3v) is 7.79. The van der Waals surface area contributed by atoms with Crippen LogP contribution >= 0.6 is 0 Å². The quantitative estimate of drug-likeness (QED) is 0.239. The molecule has 4 aromatic rings. The van der Waals surface area contributed by atoms with Gasteiger partial charge in [0.1, 0.15) is 34.7 Å². The first-order chi connectivity index (χ1) is 20.0. The summed E-state index contributed by atoms with van der Waals surface area (Å²) in [7, 11) is 2.87. The predicted molar refractivity (Wildman–Crippen MR) is 153 cm³/mol. The van der Waals surface area contributed by atoms with Crippen molar-refractivity contribution in [1.82, 2.24) is 14.5 Å². The molecule has 12 heteroatoms. The molecule has 42 heavy (non-hydrogen) atoms. The van der Waals surface area contributed by atoms with Gasteiger partial charge in [-0.1, -0.05) is 6.07 Å². The van der Waals surface area contributed by atoms with E-state index in [0.717, 1.165) is 5.56 Å². The number of ether oxygens (including phenoxy) is 1. The molecule has 0 unspecified atom stereocenters. The minimum Gasteiger partial charge on any atom is -0.496 e. The zero-order valence-corrected chi connectivity index (χ0v) is 23.5. The van der Waals surface area contributed by atoms with Crippen molar-refractivity contribution in [2.24, 2.45) is 7.05 Å². The van der Waals surface area contributed by atoms with Crippen molar-refractivity contribution >= 4 is 22.4 Å². The summed E-state index contributed by atoms with van der Waals surface area (Å²) in [5.74, 6) is -0.636. The average Bonchev–Trinajstić information content (AvgIpc) is 2.97. The number of nitriles is 1. The normalized spacial score (nSPS) is 17.3. The lowest BCUT2D eigenvalue weighted by atomic mass is 9.96. The van der Waals surface area contributed by atoms with Gasteiger partial charge in [0.15, 0.2) is 5.69 Å². The van der Waals surface area contributed by atoms with E-state index in [1.54, 1.807) is 18.2 Å². The second-order valence-electron chi connectivity index (χ2n) is 10.4. The van der Waals surface area contributed by atoms with Crippen molar-refractivity contribution in [3.05, 3.63) is 91.9 Å². The van der Waals surface area contributed by atoms with Gasteiger partial charge in [0, 0.05) is 50.4 Å². The number of piperazine rings is 1. The van der Waals surface area contributed by atoms with Crippen LogP contribution in [0.1, 0.15) is 25.1 Å². The second kappa shape index (κ2) is 11.2. The Morgan fingerprint density at radius 3 is 2.48 bits per heavy atom. The smallest absolute Gasteiger partial charge is 0.359 e. The summed E-state index contributed by atoms with van der Waals surface area (Å²) in [6, 6.07) is 13.1. The first kappa shape index (κ1) is 28.6. The summed E-state index contributed by atoms with van der Waals surface area (Å²) < 4.78 is 34.8. The van der Waals surface area contributed by atoms with E-state index in [4.69, 9.17) is 4.74 Å². The molecule has 0 N–H and O–H groups in total. The molecule has 1 fully saturated rings. The molecule has 0 radical (unpaired) electrons. The van der Waals surface area contributed by atoms with Gasteiger partial charge >= 0.3 is 11.2 Å². The molecule has 0 spiro atoms. The molecule has 0 saturated carbocycles. The standard InChI is InChI=1S/C30H28F2N6O4/c1-17-15-37(28-27-25(10-8-22(13-33)34-27)35(3)30(39)29(28)38(40)41)18(2)14-36(17)16-19-5-6-20(31)11-24(19)23-9-7-21(32)12-26(23)42-4/h5-12,17-18H,14-16H2,1-4H3/t17-,18+/m0/s1. The third kappa shape index (κ3) is 5.03. The van der Waals surface area contributed by atoms with Crippen LogP contribution < -0.4 is 15.2 Å². The number of halogens is 2. The fourth-order valence-corrected chi connectivity index (χ4v) is 5.65. The number of nitro groups is 1. The van der Waals surface area contributed by atoms with Gasteiger partial charge in [-0.15, -0.1) is 0 Å². The Bertz CT molecular complexity index is 1820. The van der Waals surface area contributed by atoms with E-state index in [1.807, 2.05) is 24.8 Å². The number of fused-ring (bicyclic) bond motifs is 1. The number of methoxy groups -OCH3 is 1. The summed E-state index contributed by atoms with van der Waals surface area (Å²) in [6.45, 7) is 5.04. The summed E-state index contributed by atoms with van der Waals surface area (Å²) in [5.41, 5.74) is 1.31. The number of hydrogen-bond acceptors (Lipinski definition) is 8. The number of rotatable bonds is 6. The van der Waals surface area contributed by atoms with E-state index in [9.17, 15) is 29.0 Å².